The normalized spacial score (nSPS) is 31.9. The maximum atomic E-state index is 5.95. The van der Waals surface area contributed by atoms with Crippen LogP contribution in [-0.2, 0) is 4.74 Å². The first-order valence-electron chi connectivity index (χ1n) is 6.11. The monoisotopic (exact) mass is 197 g/mol. The molecule has 0 bridgehead atoms. The molecule has 1 heterocycles. The molecule has 2 heteroatoms. The highest BCUT2D eigenvalue weighted by Gasteiger charge is 2.36. The predicted molar refractivity (Wildman–Crippen MR) is 58.4 cm³/mol. The van der Waals surface area contributed by atoms with E-state index in [9.17, 15) is 0 Å². The van der Waals surface area contributed by atoms with Crippen LogP contribution in [0.5, 0.6) is 0 Å². The van der Waals surface area contributed by atoms with Crippen LogP contribution in [0.25, 0.3) is 0 Å². The second-order valence-electron chi connectivity index (χ2n) is 5.09. The summed E-state index contributed by atoms with van der Waals surface area (Å²) in [5, 5.41) is 3.20. The van der Waals surface area contributed by atoms with E-state index in [2.05, 4.69) is 5.32 Å². The zero-order valence-electron chi connectivity index (χ0n) is 9.35. The lowest BCUT2D eigenvalue weighted by Gasteiger charge is -2.42. The lowest BCUT2D eigenvalue weighted by Crippen LogP contribution is -2.40. The molecular formula is C12H23NO. The fourth-order valence-electron chi connectivity index (χ4n) is 3.00. The van der Waals surface area contributed by atoms with Gasteiger partial charge in [-0.3, -0.25) is 0 Å². The Hall–Kier alpha value is -0.0800. The lowest BCUT2D eigenvalue weighted by atomic mass is 9.70. The van der Waals surface area contributed by atoms with Crippen LogP contribution < -0.4 is 5.32 Å². The molecule has 1 aliphatic heterocycles. The van der Waals surface area contributed by atoms with Crippen LogP contribution in [0.2, 0.25) is 0 Å². The Morgan fingerprint density at radius 2 is 2.00 bits per heavy atom. The van der Waals surface area contributed by atoms with Crippen molar-refractivity contribution in [2.45, 2.75) is 51.0 Å². The van der Waals surface area contributed by atoms with E-state index in [4.69, 9.17) is 4.74 Å². The summed E-state index contributed by atoms with van der Waals surface area (Å²) in [4.78, 5) is 0. The summed E-state index contributed by atoms with van der Waals surface area (Å²) >= 11 is 0. The topological polar surface area (TPSA) is 21.3 Å². The molecule has 1 spiro atoms. The molecule has 82 valence electrons. The van der Waals surface area contributed by atoms with E-state index in [1.165, 1.54) is 44.9 Å². The predicted octanol–water partition coefficient (Wildman–Crippen LogP) is 2.34. The molecule has 0 aromatic heterocycles. The molecule has 0 aromatic carbocycles. The van der Waals surface area contributed by atoms with Gasteiger partial charge in [0.05, 0.1) is 12.7 Å². The maximum Gasteiger partial charge on any atom is 0.0699 e. The standard InChI is InChI=1S/C12H23NO/c1-13-9-11-5-8-12(10-14-11)6-3-2-4-7-12/h11,13H,2-10H2,1H3. The molecule has 2 fully saturated rings. The molecule has 2 rings (SSSR count). The summed E-state index contributed by atoms with van der Waals surface area (Å²) in [7, 11) is 2.01. The van der Waals surface area contributed by atoms with Gasteiger partial charge in [0.2, 0.25) is 0 Å². The molecule has 2 nitrogen and oxygen atoms in total. The van der Waals surface area contributed by atoms with Crippen molar-refractivity contribution in [1.29, 1.82) is 0 Å². The summed E-state index contributed by atoms with van der Waals surface area (Å²) in [5.74, 6) is 0. The fourth-order valence-corrected chi connectivity index (χ4v) is 3.00. The third-order valence-corrected chi connectivity index (χ3v) is 3.97. The van der Waals surface area contributed by atoms with E-state index in [0.717, 1.165) is 13.2 Å². The first kappa shape index (κ1) is 10.4. The highest BCUT2D eigenvalue weighted by atomic mass is 16.5. The average molecular weight is 197 g/mol. The minimum atomic E-state index is 0.479. The minimum Gasteiger partial charge on any atom is -0.376 e. The number of ether oxygens (including phenoxy) is 1. The smallest absolute Gasteiger partial charge is 0.0699 e. The van der Waals surface area contributed by atoms with Gasteiger partial charge in [0, 0.05) is 6.54 Å². The first-order chi connectivity index (χ1) is 6.85. The van der Waals surface area contributed by atoms with Gasteiger partial charge in [-0.25, -0.2) is 0 Å². The van der Waals surface area contributed by atoms with Gasteiger partial charge < -0.3 is 10.1 Å². The van der Waals surface area contributed by atoms with Crippen LogP contribution in [-0.4, -0.2) is 26.3 Å². The van der Waals surface area contributed by atoms with Crippen molar-refractivity contribution in [3.63, 3.8) is 0 Å². The zero-order valence-corrected chi connectivity index (χ0v) is 9.35. The van der Waals surface area contributed by atoms with Gasteiger partial charge in [-0.05, 0) is 38.1 Å². The van der Waals surface area contributed by atoms with E-state index >= 15 is 0 Å². The van der Waals surface area contributed by atoms with Crippen molar-refractivity contribution in [2.24, 2.45) is 5.41 Å². The Bertz CT molecular complexity index is 165. The molecule has 1 saturated carbocycles. The Kier molecular flexibility index (Phi) is 3.45. The van der Waals surface area contributed by atoms with Crippen LogP contribution in [0, 0.1) is 5.41 Å². The summed E-state index contributed by atoms with van der Waals surface area (Å²) in [6, 6.07) is 0. The molecule has 1 saturated heterocycles. The average Bonchev–Trinajstić information content (AvgIpc) is 2.24. The fraction of sp³-hybridized carbons (Fsp3) is 1.00. The van der Waals surface area contributed by atoms with Gasteiger partial charge in [-0.1, -0.05) is 19.3 Å². The molecule has 0 aromatic rings. The highest BCUT2D eigenvalue weighted by Crippen LogP contribution is 2.43. The van der Waals surface area contributed by atoms with E-state index in [-0.39, 0.29) is 0 Å². The van der Waals surface area contributed by atoms with Gasteiger partial charge >= 0.3 is 0 Å². The molecular weight excluding hydrogens is 174 g/mol. The maximum absolute atomic E-state index is 5.95. The van der Waals surface area contributed by atoms with E-state index in [0.29, 0.717) is 11.5 Å². The number of nitrogens with one attached hydrogen (secondary N) is 1. The zero-order chi connectivity index (χ0) is 9.86. The van der Waals surface area contributed by atoms with Crippen molar-refractivity contribution in [2.75, 3.05) is 20.2 Å². The minimum absolute atomic E-state index is 0.479. The lowest BCUT2D eigenvalue weighted by molar-refractivity contribution is -0.0750. The summed E-state index contributed by atoms with van der Waals surface area (Å²) in [5.41, 5.74) is 0.586. The van der Waals surface area contributed by atoms with Gasteiger partial charge in [0.15, 0.2) is 0 Å². The summed E-state index contributed by atoms with van der Waals surface area (Å²) < 4.78 is 5.95. The van der Waals surface area contributed by atoms with Crippen LogP contribution in [0.3, 0.4) is 0 Å². The number of hydrogen-bond acceptors (Lipinski definition) is 2. The number of rotatable bonds is 2. The second-order valence-corrected chi connectivity index (χ2v) is 5.09. The Morgan fingerprint density at radius 3 is 2.57 bits per heavy atom. The Balaban J connectivity index is 1.81. The third kappa shape index (κ3) is 2.29. The molecule has 14 heavy (non-hydrogen) atoms. The van der Waals surface area contributed by atoms with Crippen molar-refractivity contribution < 1.29 is 4.74 Å². The quantitative estimate of drug-likeness (QED) is 0.733. The van der Waals surface area contributed by atoms with Crippen LogP contribution in [0.15, 0.2) is 0 Å². The van der Waals surface area contributed by atoms with Crippen molar-refractivity contribution in [3.8, 4) is 0 Å². The van der Waals surface area contributed by atoms with Crippen molar-refractivity contribution in [3.05, 3.63) is 0 Å². The Morgan fingerprint density at radius 1 is 1.21 bits per heavy atom. The van der Waals surface area contributed by atoms with Gasteiger partial charge in [-0.2, -0.15) is 0 Å². The second kappa shape index (κ2) is 4.63. The van der Waals surface area contributed by atoms with Crippen LogP contribution >= 0.6 is 0 Å². The molecule has 2 aliphatic rings. The van der Waals surface area contributed by atoms with Crippen molar-refractivity contribution >= 4 is 0 Å². The van der Waals surface area contributed by atoms with Crippen LogP contribution in [0.4, 0.5) is 0 Å². The molecule has 0 radical (unpaired) electrons. The largest absolute Gasteiger partial charge is 0.376 e. The van der Waals surface area contributed by atoms with Gasteiger partial charge in [0.25, 0.3) is 0 Å². The summed E-state index contributed by atoms with van der Waals surface area (Å²) in [6.07, 6.45) is 10.3. The first-order valence-corrected chi connectivity index (χ1v) is 6.11. The molecule has 1 N–H and O–H groups in total. The highest BCUT2D eigenvalue weighted by molar-refractivity contribution is 4.87. The number of hydrogen-bond donors (Lipinski definition) is 1. The molecule has 1 aliphatic carbocycles. The molecule has 1 atom stereocenters. The van der Waals surface area contributed by atoms with E-state index in [1.54, 1.807) is 0 Å². The third-order valence-electron chi connectivity index (χ3n) is 3.97. The summed E-state index contributed by atoms with van der Waals surface area (Å²) in [6.45, 7) is 2.05. The van der Waals surface area contributed by atoms with Crippen molar-refractivity contribution in [1.82, 2.24) is 5.32 Å². The van der Waals surface area contributed by atoms with Gasteiger partial charge in [0.1, 0.15) is 0 Å². The molecule has 0 amide bonds. The number of likely N-dealkylation sites (N-methyl/N-ethyl adjacent to an activating group) is 1. The SMILES string of the molecule is CNCC1CCC2(CCCCC2)CO1. The van der Waals surface area contributed by atoms with Gasteiger partial charge in [-0.15, -0.1) is 0 Å². The van der Waals surface area contributed by atoms with E-state index in [1.807, 2.05) is 7.05 Å². The Labute approximate surface area is 87.4 Å². The van der Waals surface area contributed by atoms with E-state index < -0.39 is 0 Å². The molecule has 1 unspecified atom stereocenters. The van der Waals surface area contributed by atoms with Crippen LogP contribution in [0.1, 0.15) is 44.9 Å².